The van der Waals surface area contributed by atoms with Crippen LogP contribution in [0.25, 0.3) is 0 Å². The second-order valence-corrected chi connectivity index (χ2v) is 3.78. The molecule has 3 N–H and O–H groups in total. The number of aliphatic hydroxyl groups excluding tert-OH is 1. The zero-order valence-electron chi connectivity index (χ0n) is 9.47. The molecule has 5 nitrogen and oxygen atoms in total. The first-order valence-corrected chi connectivity index (χ1v) is 5.55. The van der Waals surface area contributed by atoms with Gasteiger partial charge in [-0.2, -0.15) is 4.98 Å². The van der Waals surface area contributed by atoms with Crippen LogP contribution in [-0.2, 0) is 19.3 Å². The Labute approximate surface area is 99.3 Å². The Balaban J connectivity index is 1.95. The van der Waals surface area contributed by atoms with Gasteiger partial charge in [0.05, 0.1) is 6.61 Å². The molecule has 0 radical (unpaired) electrons. The average molecular weight is 233 g/mol. The molecule has 0 aliphatic carbocycles. The minimum atomic E-state index is 0.0323. The van der Waals surface area contributed by atoms with E-state index in [-0.39, 0.29) is 6.61 Å². The van der Waals surface area contributed by atoms with Crippen molar-refractivity contribution in [3.8, 4) is 0 Å². The summed E-state index contributed by atoms with van der Waals surface area (Å²) in [6.45, 7) is 0.0323. The first-order valence-electron chi connectivity index (χ1n) is 5.55. The number of aromatic nitrogens is 2. The molecular weight excluding hydrogens is 218 g/mol. The van der Waals surface area contributed by atoms with Crippen molar-refractivity contribution in [2.75, 3.05) is 12.3 Å². The summed E-state index contributed by atoms with van der Waals surface area (Å²) in [5.41, 5.74) is 7.70. The highest BCUT2D eigenvalue weighted by Crippen LogP contribution is 2.13. The van der Waals surface area contributed by atoms with E-state index in [1.807, 2.05) is 24.3 Å². The van der Waals surface area contributed by atoms with Crippen molar-refractivity contribution in [3.63, 3.8) is 0 Å². The van der Waals surface area contributed by atoms with E-state index in [2.05, 4.69) is 10.1 Å². The monoisotopic (exact) mass is 233 g/mol. The van der Waals surface area contributed by atoms with Crippen LogP contribution in [0.4, 0.5) is 5.69 Å². The predicted molar refractivity (Wildman–Crippen MR) is 63.4 cm³/mol. The standard InChI is InChI=1S/C12H15N3O2/c13-10-4-2-1-3-9(10)5-6-12-14-11(7-8-16)15-17-12/h1-4,16H,5-8,13H2. The molecule has 0 fully saturated rings. The smallest absolute Gasteiger partial charge is 0.226 e. The highest BCUT2D eigenvalue weighted by molar-refractivity contribution is 5.46. The lowest BCUT2D eigenvalue weighted by molar-refractivity contribution is 0.293. The van der Waals surface area contributed by atoms with Crippen molar-refractivity contribution in [3.05, 3.63) is 41.5 Å². The molecule has 0 saturated heterocycles. The molecule has 0 saturated carbocycles. The summed E-state index contributed by atoms with van der Waals surface area (Å²) >= 11 is 0. The van der Waals surface area contributed by atoms with Crippen molar-refractivity contribution < 1.29 is 9.63 Å². The van der Waals surface area contributed by atoms with Crippen LogP contribution in [0.15, 0.2) is 28.8 Å². The van der Waals surface area contributed by atoms with Gasteiger partial charge in [-0.15, -0.1) is 0 Å². The van der Waals surface area contributed by atoms with Crippen molar-refractivity contribution in [1.29, 1.82) is 0 Å². The maximum atomic E-state index is 8.74. The molecule has 0 amide bonds. The van der Waals surface area contributed by atoms with Gasteiger partial charge in [-0.05, 0) is 18.1 Å². The van der Waals surface area contributed by atoms with Crippen molar-refractivity contribution in [2.24, 2.45) is 0 Å². The zero-order chi connectivity index (χ0) is 12.1. The van der Waals surface area contributed by atoms with E-state index in [0.717, 1.165) is 17.7 Å². The number of para-hydroxylation sites is 1. The molecule has 1 aromatic heterocycles. The fourth-order valence-corrected chi connectivity index (χ4v) is 1.60. The van der Waals surface area contributed by atoms with Gasteiger partial charge in [-0.1, -0.05) is 23.4 Å². The van der Waals surface area contributed by atoms with Gasteiger partial charge in [0.25, 0.3) is 0 Å². The number of hydrogen-bond donors (Lipinski definition) is 2. The topological polar surface area (TPSA) is 85.2 Å². The van der Waals surface area contributed by atoms with Crippen LogP contribution in [0.3, 0.4) is 0 Å². The molecule has 0 aliphatic heterocycles. The second-order valence-electron chi connectivity index (χ2n) is 3.78. The van der Waals surface area contributed by atoms with Gasteiger partial charge in [0.1, 0.15) is 0 Å². The lowest BCUT2D eigenvalue weighted by atomic mass is 10.1. The number of rotatable bonds is 5. The molecule has 17 heavy (non-hydrogen) atoms. The van der Waals surface area contributed by atoms with Crippen LogP contribution in [-0.4, -0.2) is 21.9 Å². The minimum absolute atomic E-state index is 0.0323. The number of hydrogen-bond acceptors (Lipinski definition) is 5. The highest BCUT2D eigenvalue weighted by Gasteiger charge is 2.06. The Kier molecular flexibility index (Phi) is 3.72. The predicted octanol–water partition coefficient (Wildman–Crippen LogP) is 0.972. The van der Waals surface area contributed by atoms with Gasteiger partial charge in [-0.3, -0.25) is 0 Å². The molecule has 0 unspecified atom stereocenters. The lowest BCUT2D eigenvalue weighted by Crippen LogP contribution is -1.97. The number of nitrogen functional groups attached to an aromatic ring is 1. The third-order valence-electron chi connectivity index (χ3n) is 2.51. The van der Waals surface area contributed by atoms with E-state index in [1.54, 1.807) is 0 Å². The number of nitrogens with two attached hydrogens (primary N) is 1. The number of benzene rings is 1. The van der Waals surface area contributed by atoms with E-state index in [9.17, 15) is 0 Å². The van der Waals surface area contributed by atoms with Crippen molar-refractivity contribution >= 4 is 5.69 Å². The van der Waals surface area contributed by atoms with Crippen molar-refractivity contribution in [1.82, 2.24) is 10.1 Å². The molecule has 1 heterocycles. The number of anilines is 1. The SMILES string of the molecule is Nc1ccccc1CCc1nc(CCO)no1. The Morgan fingerprint density at radius 1 is 1.18 bits per heavy atom. The van der Waals surface area contributed by atoms with Gasteiger partial charge >= 0.3 is 0 Å². The fraction of sp³-hybridized carbons (Fsp3) is 0.333. The third-order valence-corrected chi connectivity index (χ3v) is 2.51. The van der Waals surface area contributed by atoms with Crippen molar-refractivity contribution in [2.45, 2.75) is 19.3 Å². The maximum absolute atomic E-state index is 8.74. The Morgan fingerprint density at radius 2 is 2.00 bits per heavy atom. The molecule has 90 valence electrons. The summed E-state index contributed by atoms with van der Waals surface area (Å²) in [4.78, 5) is 4.17. The molecule has 5 heteroatoms. The van der Waals surface area contributed by atoms with Crippen LogP contribution >= 0.6 is 0 Å². The van der Waals surface area contributed by atoms with Crippen LogP contribution in [0.1, 0.15) is 17.3 Å². The van der Waals surface area contributed by atoms with Crippen LogP contribution in [0.2, 0.25) is 0 Å². The minimum Gasteiger partial charge on any atom is -0.399 e. The van der Waals surface area contributed by atoms with Crippen LogP contribution < -0.4 is 5.73 Å². The van der Waals surface area contributed by atoms with E-state index >= 15 is 0 Å². The molecular formula is C12H15N3O2. The van der Waals surface area contributed by atoms with Crippen LogP contribution in [0, 0.1) is 0 Å². The van der Waals surface area contributed by atoms with E-state index in [4.69, 9.17) is 15.4 Å². The summed E-state index contributed by atoms with van der Waals surface area (Å²) in [6, 6.07) is 7.72. The van der Waals surface area contributed by atoms with Crippen LogP contribution in [0.5, 0.6) is 0 Å². The Hall–Kier alpha value is -1.88. The number of aryl methyl sites for hydroxylation is 2. The van der Waals surface area contributed by atoms with Gasteiger partial charge in [0.15, 0.2) is 5.82 Å². The summed E-state index contributed by atoms with van der Waals surface area (Å²) in [5.74, 6) is 1.13. The highest BCUT2D eigenvalue weighted by atomic mass is 16.5. The normalized spacial score (nSPS) is 10.6. The lowest BCUT2D eigenvalue weighted by Gasteiger charge is -2.02. The fourth-order valence-electron chi connectivity index (χ4n) is 1.60. The molecule has 0 atom stereocenters. The molecule has 1 aromatic carbocycles. The van der Waals surface area contributed by atoms with E-state index < -0.39 is 0 Å². The van der Waals surface area contributed by atoms with Gasteiger partial charge < -0.3 is 15.4 Å². The van der Waals surface area contributed by atoms with Gasteiger partial charge in [0, 0.05) is 18.5 Å². The zero-order valence-corrected chi connectivity index (χ0v) is 9.47. The summed E-state index contributed by atoms with van der Waals surface area (Å²) < 4.78 is 5.07. The first kappa shape index (κ1) is 11.6. The maximum Gasteiger partial charge on any atom is 0.226 e. The summed E-state index contributed by atoms with van der Waals surface area (Å²) in [6.07, 6.45) is 1.86. The van der Waals surface area contributed by atoms with Gasteiger partial charge in [0.2, 0.25) is 5.89 Å². The van der Waals surface area contributed by atoms with E-state index in [0.29, 0.717) is 24.6 Å². The largest absolute Gasteiger partial charge is 0.399 e. The molecule has 2 aromatic rings. The Bertz CT molecular complexity index is 482. The molecule has 2 rings (SSSR count). The third kappa shape index (κ3) is 3.04. The first-order chi connectivity index (χ1) is 8.29. The Morgan fingerprint density at radius 3 is 2.76 bits per heavy atom. The molecule has 0 bridgehead atoms. The summed E-state index contributed by atoms with van der Waals surface area (Å²) in [7, 11) is 0. The quantitative estimate of drug-likeness (QED) is 0.752. The number of aliphatic hydroxyl groups is 1. The van der Waals surface area contributed by atoms with E-state index in [1.165, 1.54) is 0 Å². The molecule has 0 spiro atoms. The number of nitrogens with zero attached hydrogens (tertiary/aromatic N) is 2. The summed E-state index contributed by atoms with van der Waals surface area (Å²) in [5, 5.41) is 12.5. The second kappa shape index (κ2) is 5.45. The average Bonchev–Trinajstić information content (AvgIpc) is 2.76. The molecule has 0 aliphatic rings. The van der Waals surface area contributed by atoms with Gasteiger partial charge in [-0.25, -0.2) is 0 Å².